The van der Waals surface area contributed by atoms with Crippen LogP contribution in [0.5, 0.6) is 0 Å². The lowest BCUT2D eigenvalue weighted by molar-refractivity contribution is 0.102. The van der Waals surface area contributed by atoms with Crippen LogP contribution in [0, 0.1) is 11.6 Å². The number of nitrogens with zero attached hydrogens (tertiary/aromatic N) is 2. The number of anilines is 4. The van der Waals surface area contributed by atoms with Crippen LogP contribution in [0.25, 0.3) is 0 Å². The van der Waals surface area contributed by atoms with Crippen LogP contribution in [0.4, 0.5) is 31.5 Å². The van der Waals surface area contributed by atoms with Crippen molar-refractivity contribution in [3.63, 3.8) is 0 Å². The molecule has 1 aliphatic heterocycles. The average molecular weight is 394 g/mol. The van der Waals surface area contributed by atoms with Gasteiger partial charge in [0.05, 0.1) is 11.9 Å². The maximum atomic E-state index is 13.7. The van der Waals surface area contributed by atoms with Gasteiger partial charge in [-0.15, -0.1) is 0 Å². The molecule has 2 N–H and O–H groups in total. The second-order valence-electron chi connectivity index (χ2n) is 6.85. The fourth-order valence-electron chi connectivity index (χ4n) is 3.29. The van der Waals surface area contributed by atoms with Gasteiger partial charge >= 0.3 is 0 Å². The van der Waals surface area contributed by atoms with Crippen molar-refractivity contribution in [2.75, 3.05) is 28.6 Å². The van der Waals surface area contributed by atoms with Crippen molar-refractivity contribution in [2.45, 2.75) is 12.8 Å². The number of carbonyl (C=O) groups is 1. The summed E-state index contributed by atoms with van der Waals surface area (Å²) >= 11 is 0. The zero-order valence-corrected chi connectivity index (χ0v) is 15.7. The molecule has 3 aromatic rings. The Balaban J connectivity index is 1.40. The molecule has 0 bridgehead atoms. The molecule has 2 heterocycles. The molecular weight excluding hydrogens is 374 g/mol. The number of amides is 1. The van der Waals surface area contributed by atoms with Gasteiger partial charge in [0.15, 0.2) is 0 Å². The van der Waals surface area contributed by atoms with Gasteiger partial charge in [0, 0.05) is 24.5 Å². The van der Waals surface area contributed by atoms with Crippen LogP contribution in [-0.2, 0) is 0 Å². The number of hydrogen-bond acceptors (Lipinski definition) is 4. The normalized spacial score (nSPS) is 13.4. The summed E-state index contributed by atoms with van der Waals surface area (Å²) in [4.78, 5) is 18.7. The standard InChI is InChI=1S/C22H20F2N4O/c23-18-4-3-5-19(24)21(18)27-22(29)20-11-8-16(14-25-20)26-15-6-9-17(10-7-15)28-12-1-2-13-28/h3-11,14,26H,1-2,12-13H2,(H,27,29). The van der Waals surface area contributed by atoms with Gasteiger partial charge in [-0.05, 0) is 61.4 Å². The third-order valence-corrected chi connectivity index (χ3v) is 4.82. The molecule has 5 nitrogen and oxygen atoms in total. The summed E-state index contributed by atoms with van der Waals surface area (Å²) in [5.41, 5.74) is 2.38. The third-order valence-electron chi connectivity index (χ3n) is 4.82. The van der Waals surface area contributed by atoms with E-state index in [1.165, 1.54) is 36.9 Å². The molecule has 29 heavy (non-hydrogen) atoms. The van der Waals surface area contributed by atoms with E-state index < -0.39 is 23.2 Å². The number of pyridine rings is 1. The average Bonchev–Trinajstić information content (AvgIpc) is 3.27. The lowest BCUT2D eigenvalue weighted by Gasteiger charge is -2.18. The minimum absolute atomic E-state index is 0.0579. The Morgan fingerprint density at radius 1 is 0.897 bits per heavy atom. The van der Waals surface area contributed by atoms with E-state index in [0.29, 0.717) is 5.69 Å². The minimum atomic E-state index is -0.839. The fourth-order valence-corrected chi connectivity index (χ4v) is 3.29. The summed E-state index contributed by atoms with van der Waals surface area (Å²) in [5.74, 6) is -2.36. The summed E-state index contributed by atoms with van der Waals surface area (Å²) in [6.45, 7) is 2.19. The maximum absolute atomic E-state index is 13.7. The van der Waals surface area contributed by atoms with Crippen LogP contribution in [-0.4, -0.2) is 24.0 Å². The minimum Gasteiger partial charge on any atom is -0.372 e. The molecule has 1 amide bonds. The van der Waals surface area contributed by atoms with E-state index in [9.17, 15) is 13.6 Å². The summed E-state index contributed by atoms with van der Waals surface area (Å²) in [7, 11) is 0. The molecule has 0 atom stereocenters. The molecule has 7 heteroatoms. The molecule has 148 valence electrons. The van der Waals surface area contributed by atoms with Gasteiger partial charge in [0.2, 0.25) is 0 Å². The van der Waals surface area contributed by atoms with Gasteiger partial charge in [-0.1, -0.05) is 6.07 Å². The Morgan fingerprint density at radius 3 is 2.17 bits per heavy atom. The van der Waals surface area contributed by atoms with Gasteiger partial charge in [0.25, 0.3) is 5.91 Å². The van der Waals surface area contributed by atoms with Crippen LogP contribution in [0.3, 0.4) is 0 Å². The van der Waals surface area contributed by atoms with Crippen molar-refractivity contribution in [1.29, 1.82) is 0 Å². The van der Waals surface area contributed by atoms with Gasteiger partial charge in [0.1, 0.15) is 23.0 Å². The molecule has 1 aliphatic rings. The molecule has 0 spiro atoms. The quantitative estimate of drug-likeness (QED) is 0.643. The van der Waals surface area contributed by atoms with Crippen molar-refractivity contribution in [3.8, 4) is 0 Å². The summed E-state index contributed by atoms with van der Waals surface area (Å²) < 4.78 is 27.3. The number of carbonyl (C=O) groups excluding carboxylic acids is 1. The van der Waals surface area contributed by atoms with Crippen molar-refractivity contribution in [3.05, 3.63) is 78.1 Å². The summed E-state index contributed by atoms with van der Waals surface area (Å²) in [6, 6.07) is 14.7. The highest BCUT2D eigenvalue weighted by atomic mass is 19.1. The number of para-hydroxylation sites is 1. The van der Waals surface area contributed by atoms with E-state index in [4.69, 9.17) is 0 Å². The lowest BCUT2D eigenvalue weighted by atomic mass is 10.2. The van der Waals surface area contributed by atoms with E-state index in [-0.39, 0.29) is 5.69 Å². The monoisotopic (exact) mass is 394 g/mol. The predicted octanol–water partition coefficient (Wildman–Crippen LogP) is 4.96. The van der Waals surface area contributed by atoms with Crippen LogP contribution < -0.4 is 15.5 Å². The van der Waals surface area contributed by atoms with Crippen molar-refractivity contribution in [1.82, 2.24) is 4.98 Å². The number of rotatable bonds is 5. The summed E-state index contributed by atoms with van der Waals surface area (Å²) in [6.07, 6.45) is 3.96. The fraction of sp³-hybridized carbons (Fsp3) is 0.182. The summed E-state index contributed by atoms with van der Waals surface area (Å²) in [5, 5.41) is 5.44. The number of benzene rings is 2. The Kier molecular flexibility index (Phi) is 5.37. The van der Waals surface area contributed by atoms with E-state index >= 15 is 0 Å². The SMILES string of the molecule is O=C(Nc1c(F)cccc1F)c1ccc(Nc2ccc(N3CCCC3)cc2)cn1. The lowest BCUT2D eigenvalue weighted by Crippen LogP contribution is -2.17. The Hall–Kier alpha value is -3.48. The van der Waals surface area contributed by atoms with Gasteiger partial charge < -0.3 is 15.5 Å². The Bertz CT molecular complexity index is 980. The predicted molar refractivity (Wildman–Crippen MR) is 110 cm³/mol. The molecule has 0 aliphatic carbocycles. The molecule has 1 saturated heterocycles. The zero-order chi connectivity index (χ0) is 20.2. The Labute approximate surface area is 167 Å². The maximum Gasteiger partial charge on any atom is 0.274 e. The largest absolute Gasteiger partial charge is 0.372 e. The van der Waals surface area contributed by atoms with Crippen molar-refractivity contribution in [2.24, 2.45) is 0 Å². The number of aromatic nitrogens is 1. The van der Waals surface area contributed by atoms with Crippen LogP contribution in [0.2, 0.25) is 0 Å². The van der Waals surface area contributed by atoms with Crippen molar-refractivity contribution < 1.29 is 13.6 Å². The first kappa shape index (κ1) is 18.9. The number of halogens is 2. The van der Waals surface area contributed by atoms with Crippen molar-refractivity contribution >= 4 is 28.7 Å². The second-order valence-corrected chi connectivity index (χ2v) is 6.85. The number of nitrogens with one attached hydrogen (secondary N) is 2. The highest BCUT2D eigenvalue weighted by Crippen LogP contribution is 2.24. The molecule has 2 aromatic carbocycles. The molecule has 4 rings (SSSR count). The second kappa shape index (κ2) is 8.26. The highest BCUT2D eigenvalue weighted by Gasteiger charge is 2.15. The molecule has 0 saturated carbocycles. The highest BCUT2D eigenvalue weighted by molar-refractivity contribution is 6.03. The topological polar surface area (TPSA) is 57.3 Å². The first-order chi connectivity index (χ1) is 14.1. The van der Waals surface area contributed by atoms with Gasteiger partial charge in [-0.3, -0.25) is 4.79 Å². The third kappa shape index (κ3) is 4.34. The van der Waals surface area contributed by atoms with Gasteiger partial charge in [-0.25, -0.2) is 13.8 Å². The van der Waals surface area contributed by atoms with E-state index in [1.54, 1.807) is 6.07 Å². The Morgan fingerprint density at radius 2 is 1.55 bits per heavy atom. The smallest absolute Gasteiger partial charge is 0.274 e. The van der Waals surface area contributed by atoms with Crippen LogP contribution in [0.1, 0.15) is 23.3 Å². The molecule has 0 unspecified atom stereocenters. The van der Waals surface area contributed by atoms with Crippen LogP contribution >= 0.6 is 0 Å². The van der Waals surface area contributed by atoms with E-state index in [1.807, 2.05) is 12.1 Å². The molecule has 1 aromatic heterocycles. The van der Waals surface area contributed by atoms with E-state index in [0.717, 1.165) is 30.9 Å². The number of hydrogen-bond donors (Lipinski definition) is 2. The first-order valence-corrected chi connectivity index (χ1v) is 9.43. The molecular formula is C22H20F2N4O. The molecule has 1 fully saturated rings. The van der Waals surface area contributed by atoms with Gasteiger partial charge in [-0.2, -0.15) is 0 Å². The molecule has 0 radical (unpaired) electrons. The van der Waals surface area contributed by atoms with Crippen LogP contribution in [0.15, 0.2) is 60.8 Å². The van der Waals surface area contributed by atoms with E-state index in [2.05, 4.69) is 32.7 Å². The first-order valence-electron chi connectivity index (χ1n) is 9.43. The zero-order valence-electron chi connectivity index (χ0n) is 15.7.